The number of nitrogens with zero attached hydrogens (tertiary/aromatic N) is 1. The van der Waals surface area contributed by atoms with Crippen molar-refractivity contribution < 1.29 is 27.1 Å². The van der Waals surface area contributed by atoms with E-state index in [0.717, 1.165) is 23.9 Å². The predicted octanol–water partition coefficient (Wildman–Crippen LogP) is 4.80. The first-order chi connectivity index (χ1) is 15.6. The van der Waals surface area contributed by atoms with E-state index in [4.69, 9.17) is 10.5 Å². The molecule has 5 rings (SSSR count). The first-order valence-electron chi connectivity index (χ1n) is 11.5. The lowest BCUT2D eigenvalue weighted by Gasteiger charge is -2.34. The fraction of sp³-hybridized carbons (Fsp3) is 0.652. The van der Waals surface area contributed by atoms with Crippen LogP contribution in [-0.2, 0) is 9.53 Å². The second-order valence-corrected chi connectivity index (χ2v) is 9.89. The number of nitrogens with one attached hydrogen (secondary N) is 2. The number of aromatic nitrogens is 2. The molecular weight excluding hydrogens is 476 g/mol. The summed E-state index contributed by atoms with van der Waals surface area (Å²) in [4.78, 5) is 20.2. The molecule has 2 aromatic rings. The number of nitrogens with two attached hydrogens (primary N) is 1. The molecular formula is C23H29ClF4N4O2. The van der Waals surface area contributed by atoms with Crippen molar-refractivity contribution in [2.75, 3.05) is 6.61 Å². The van der Waals surface area contributed by atoms with E-state index in [1.54, 1.807) is 0 Å². The van der Waals surface area contributed by atoms with E-state index in [1.807, 2.05) is 18.2 Å². The maximum atomic E-state index is 13.4. The molecule has 34 heavy (non-hydrogen) atoms. The number of rotatable bonds is 7. The van der Waals surface area contributed by atoms with Crippen molar-refractivity contribution in [3.8, 4) is 0 Å². The van der Waals surface area contributed by atoms with Crippen LogP contribution in [0.25, 0.3) is 11.0 Å². The van der Waals surface area contributed by atoms with Gasteiger partial charge in [-0.2, -0.15) is 0 Å². The van der Waals surface area contributed by atoms with Crippen LogP contribution in [0.2, 0.25) is 0 Å². The van der Waals surface area contributed by atoms with Gasteiger partial charge in [0.25, 0.3) is 5.92 Å². The van der Waals surface area contributed by atoms with Gasteiger partial charge in [-0.05, 0) is 48.8 Å². The van der Waals surface area contributed by atoms with Crippen LogP contribution in [0.3, 0.4) is 0 Å². The normalized spacial score (nSPS) is 25.7. The Morgan fingerprint density at radius 1 is 1.21 bits per heavy atom. The minimum Gasteiger partial charge on any atom is -0.370 e. The van der Waals surface area contributed by atoms with Crippen molar-refractivity contribution in [1.29, 1.82) is 0 Å². The zero-order valence-electron chi connectivity index (χ0n) is 18.5. The van der Waals surface area contributed by atoms with Crippen molar-refractivity contribution >= 4 is 29.3 Å². The number of alkyl halides is 4. The van der Waals surface area contributed by atoms with Crippen molar-refractivity contribution in [3.05, 3.63) is 29.6 Å². The molecule has 2 heterocycles. The molecule has 4 N–H and O–H groups in total. The molecule has 2 aliphatic carbocycles. The summed E-state index contributed by atoms with van der Waals surface area (Å²) in [7, 11) is 0. The molecule has 0 bridgehead atoms. The Morgan fingerprint density at radius 2 is 1.94 bits per heavy atom. The Kier molecular flexibility index (Phi) is 6.87. The SMILES string of the molecule is Cl.NC(c1nc2ccc([C@H](NC(=O)CC3CC(F)(F)C3)C3CC3)cc2[nH]1)[C@H]1CCC(F)(F)CO1. The van der Waals surface area contributed by atoms with Crippen LogP contribution in [0, 0.1) is 11.8 Å². The highest BCUT2D eigenvalue weighted by Gasteiger charge is 2.46. The molecule has 3 fully saturated rings. The number of hydrogen-bond acceptors (Lipinski definition) is 4. The zero-order valence-corrected chi connectivity index (χ0v) is 19.4. The van der Waals surface area contributed by atoms with Gasteiger partial charge in [0.2, 0.25) is 11.8 Å². The minimum absolute atomic E-state index is 0. The van der Waals surface area contributed by atoms with Crippen LogP contribution < -0.4 is 11.1 Å². The zero-order chi connectivity index (χ0) is 23.4. The molecule has 3 atom stereocenters. The maximum absolute atomic E-state index is 13.4. The van der Waals surface area contributed by atoms with Crippen LogP contribution in [0.1, 0.15) is 68.4 Å². The van der Waals surface area contributed by atoms with Crippen LogP contribution in [0.15, 0.2) is 18.2 Å². The van der Waals surface area contributed by atoms with Crippen LogP contribution in [0.5, 0.6) is 0 Å². The summed E-state index contributed by atoms with van der Waals surface area (Å²) in [5.41, 5.74) is 8.58. The fourth-order valence-corrected chi connectivity index (χ4v) is 4.92. The van der Waals surface area contributed by atoms with Gasteiger partial charge in [-0.15, -0.1) is 12.4 Å². The highest BCUT2D eigenvalue weighted by molar-refractivity contribution is 5.85. The molecule has 1 aromatic heterocycles. The molecule has 188 valence electrons. The fourth-order valence-electron chi connectivity index (χ4n) is 4.92. The van der Waals surface area contributed by atoms with Crippen LogP contribution >= 0.6 is 12.4 Å². The lowest BCUT2D eigenvalue weighted by molar-refractivity contribution is -0.149. The van der Waals surface area contributed by atoms with Gasteiger partial charge in [-0.3, -0.25) is 4.79 Å². The summed E-state index contributed by atoms with van der Waals surface area (Å²) in [6, 6.07) is 4.80. The number of fused-ring (bicyclic) bond motifs is 1. The lowest BCUT2D eigenvalue weighted by Crippen LogP contribution is -2.40. The van der Waals surface area contributed by atoms with Crippen LogP contribution in [-0.4, -0.2) is 40.4 Å². The summed E-state index contributed by atoms with van der Waals surface area (Å²) in [6.45, 7) is -0.642. The molecule has 1 unspecified atom stereocenters. The van der Waals surface area contributed by atoms with Gasteiger partial charge in [0, 0.05) is 25.7 Å². The molecule has 0 spiro atoms. The van der Waals surface area contributed by atoms with Gasteiger partial charge in [0.05, 0.1) is 29.2 Å². The van der Waals surface area contributed by atoms with E-state index in [9.17, 15) is 22.4 Å². The average Bonchev–Trinajstić information content (AvgIpc) is 3.48. The summed E-state index contributed by atoms with van der Waals surface area (Å²) >= 11 is 0. The molecule has 3 aliphatic rings. The van der Waals surface area contributed by atoms with Crippen LogP contribution in [0.4, 0.5) is 17.6 Å². The number of aromatic amines is 1. The monoisotopic (exact) mass is 504 g/mol. The van der Waals surface area contributed by atoms with E-state index < -0.39 is 30.6 Å². The number of amides is 1. The number of carbonyl (C=O) groups excluding carboxylic acids is 1. The predicted molar refractivity (Wildman–Crippen MR) is 120 cm³/mol. The largest absolute Gasteiger partial charge is 0.370 e. The summed E-state index contributed by atoms with van der Waals surface area (Å²) < 4.78 is 58.2. The minimum atomic E-state index is -2.82. The number of imidazole rings is 1. The van der Waals surface area contributed by atoms with Crippen molar-refractivity contribution in [3.63, 3.8) is 0 Å². The molecule has 1 aromatic carbocycles. The number of halogens is 5. The number of benzene rings is 1. The van der Waals surface area contributed by atoms with E-state index in [1.165, 1.54) is 0 Å². The molecule has 1 amide bonds. The first-order valence-corrected chi connectivity index (χ1v) is 11.5. The van der Waals surface area contributed by atoms with Crippen molar-refractivity contribution in [1.82, 2.24) is 15.3 Å². The Balaban J connectivity index is 0.00000274. The van der Waals surface area contributed by atoms with E-state index in [-0.39, 0.29) is 62.4 Å². The van der Waals surface area contributed by atoms with Gasteiger partial charge in [-0.1, -0.05) is 6.07 Å². The highest BCUT2D eigenvalue weighted by atomic mass is 35.5. The Bertz CT molecular complexity index is 1030. The van der Waals surface area contributed by atoms with Gasteiger partial charge in [-0.25, -0.2) is 22.5 Å². The number of H-pyrrole nitrogens is 1. The molecule has 11 heteroatoms. The van der Waals surface area contributed by atoms with E-state index in [0.29, 0.717) is 17.3 Å². The third-order valence-corrected chi connectivity index (χ3v) is 6.96. The van der Waals surface area contributed by atoms with Crippen molar-refractivity contribution in [2.24, 2.45) is 17.6 Å². The summed E-state index contributed by atoms with van der Waals surface area (Å²) in [5, 5.41) is 3.04. The summed E-state index contributed by atoms with van der Waals surface area (Å²) in [5.74, 6) is -5.13. The second kappa shape index (κ2) is 9.28. The molecule has 0 radical (unpaired) electrons. The Morgan fingerprint density at radius 3 is 2.56 bits per heavy atom. The Labute approximate surface area is 200 Å². The molecule has 6 nitrogen and oxygen atoms in total. The second-order valence-electron chi connectivity index (χ2n) is 9.89. The molecule has 2 saturated carbocycles. The van der Waals surface area contributed by atoms with Gasteiger partial charge >= 0.3 is 0 Å². The van der Waals surface area contributed by atoms with Gasteiger partial charge in [0.1, 0.15) is 12.4 Å². The highest BCUT2D eigenvalue weighted by Crippen LogP contribution is 2.45. The third-order valence-electron chi connectivity index (χ3n) is 6.96. The topological polar surface area (TPSA) is 93.0 Å². The smallest absolute Gasteiger partial charge is 0.271 e. The quantitative estimate of drug-likeness (QED) is 0.472. The summed E-state index contributed by atoms with van der Waals surface area (Å²) in [6.07, 6.45) is 1.00. The molecule has 1 aliphatic heterocycles. The van der Waals surface area contributed by atoms with Gasteiger partial charge < -0.3 is 20.8 Å². The lowest BCUT2D eigenvalue weighted by atomic mass is 9.79. The van der Waals surface area contributed by atoms with E-state index >= 15 is 0 Å². The number of ether oxygens (including phenoxy) is 1. The number of hydrogen-bond donors (Lipinski definition) is 3. The average molecular weight is 505 g/mol. The number of carbonyl (C=O) groups is 1. The first kappa shape index (κ1) is 25.2. The Hall–Kier alpha value is -1.91. The van der Waals surface area contributed by atoms with Gasteiger partial charge in [0.15, 0.2) is 0 Å². The maximum Gasteiger partial charge on any atom is 0.271 e. The van der Waals surface area contributed by atoms with Crippen molar-refractivity contribution in [2.45, 2.75) is 75.0 Å². The standard InChI is InChI=1S/C23H28F4N4O2.ClH/c24-22(25)6-5-17(33-11-22)19(28)21-29-15-4-3-14(8-16(15)30-21)20(13-1-2-13)31-18(32)7-12-9-23(26,27)10-12;/h3-4,8,12-13,17,19-20H,1-2,5-7,9-11,28H2,(H,29,30)(H,31,32);1H/t17-,19?,20-;/m1./s1. The van der Waals surface area contributed by atoms with E-state index in [2.05, 4.69) is 15.3 Å². The molecule has 1 saturated heterocycles. The third kappa shape index (κ3) is 5.49.